The van der Waals surface area contributed by atoms with Gasteiger partial charge in [-0.2, -0.15) is 0 Å². The number of nitrogens with two attached hydrogens (primary N) is 1. The molecule has 0 bridgehead atoms. The lowest BCUT2D eigenvalue weighted by molar-refractivity contribution is 0.130. The van der Waals surface area contributed by atoms with Crippen LogP contribution in [0, 0.1) is 0 Å². The van der Waals surface area contributed by atoms with Gasteiger partial charge in [-0.1, -0.05) is 28.1 Å². The number of rotatable bonds is 3. The number of hydrogen-bond donors (Lipinski definition) is 1. The highest BCUT2D eigenvalue weighted by Crippen LogP contribution is 2.21. The van der Waals surface area contributed by atoms with E-state index in [-0.39, 0.29) is 18.2 Å². The highest BCUT2D eigenvalue weighted by Gasteiger charge is 2.38. The fourth-order valence-electron chi connectivity index (χ4n) is 2.02. The van der Waals surface area contributed by atoms with Crippen molar-refractivity contribution in [2.75, 3.05) is 13.6 Å². The Bertz CT molecular complexity index is 407. The third-order valence-electron chi connectivity index (χ3n) is 3.06. The monoisotopic (exact) mass is 298 g/mol. The fraction of sp³-hybridized carbons (Fsp3) is 0.417. The molecule has 1 aromatic carbocycles. The first kappa shape index (κ1) is 12.4. The molecule has 2 unspecified atom stereocenters. The Morgan fingerprint density at radius 3 is 2.65 bits per heavy atom. The Balaban J connectivity index is 2.08. The number of cyclic esters (lactones) is 1. The normalized spacial score (nSPS) is 23.9. The van der Waals surface area contributed by atoms with Gasteiger partial charge in [0, 0.05) is 24.5 Å². The van der Waals surface area contributed by atoms with E-state index in [0.29, 0.717) is 13.0 Å². The molecule has 0 aliphatic carbocycles. The summed E-state index contributed by atoms with van der Waals surface area (Å²) in [6.07, 6.45) is 0.256. The second kappa shape index (κ2) is 5.06. The molecule has 0 radical (unpaired) electrons. The molecule has 1 fully saturated rings. The number of amides is 1. The van der Waals surface area contributed by atoms with Crippen LogP contribution in [0.5, 0.6) is 0 Å². The van der Waals surface area contributed by atoms with Gasteiger partial charge in [-0.25, -0.2) is 4.79 Å². The molecular weight excluding hydrogens is 284 g/mol. The zero-order chi connectivity index (χ0) is 12.4. The summed E-state index contributed by atoms with van der Waals surface area (Å²) < 4.78 is 6.35. The largest absolute Gasteiger partial charge is 0.443 e. The average Bonchev–Trinajstić information content (AvgIpc) is 2.58. The first-order chi connectivity index (χ1) is 8.11. The van der Waals surface area contributed by atoms with Crippen LogP contribution >= 0.6 is 15.9 Å². The maximum Gasteiger partial charge on any atom is 0.410 e. The van der Waals surface area contributed by atoms with Crippen molar-refractivity contribution in [2.45, 2.75) is 18.6 Å². The van der Waals surface area contributed by atoms with Crippen LogP contribution in [-0.4, -0.2) is 36.7 Å². The number of likely N-dealkylation sites (N-methyl/N-ethyl adjacent to an activating group) is 1. The van der Waals surface area contributed by atoms with Crippen molar-refractivity contribution in [1.29, 1.82) is 0 Å². The van der Waals surface area contributed by atoms with E-state index in [1.165, 1.54) is 0 Å². The lowest BCUT2D eigenvalue weighted by atomic mass is 10.0. The quantitative estimate of drug-likeness (QED) is 0.925. The maximum absolute atomic E-state index is 11.4. The van der Waals surface area contributed by atoms with Crippen LogP contribution in [0.2, 0.25) is 0 Å². The summed E-state index contributed by atoms with van der Waals surface area (Å²) in [7, 11) is 1.72. The minimum absolute atomic E-state index is 0.0360. The van der Waals surface area contributed by atoms with Crippen molar-refractivity contribution in [3.8, 4) is 0 Å². The van der Waals surface area contributed by atoms with Gasteiger partial charge in [0.25, 0.3) is 0 Å². The van der Waals surface area contributed by atoms with Gasteiger partial charge in [0.15, 0.2) is 0 Å². The average molecular weight is 299 g/mol. The molecule has 4 nitrogen and oxygen atoms in total. The Kier molecular flexibility index (Phi) is 3.69. The van der Waals surface area contributed by atoms with Gasteiger partial charge in [0.05, 0.1) is 6.04 Å². The number of ether oxygens (including phenoxy) is 1. The van der Waals surface area contributed by atoms with E-state index in [4.69, 9.17) is 10.5 Å². The molecule has 17 heavy (non-hydrogen) atoms. The molecule has 92 valence electrons. The number of benzene rings is 1. The van der Waals surface area contributed by atoms with Crippen LogP contribution in [0.15, 0.2) is 28.7 Å². The molecule has 5 heteroatoms. The van der Waals surface area contributed by atoms with E-state index in [2.05, 4.69) is 15.9 Å². The third-order valence-corrected chi connectivity index (χ3v) is 3.59. The molecular formula is C12H15BrN2O2. The van der Waals surface area contributed by atoms with Gasteiger partial charge < -0.3 is 15.4 Å². The van der Waals surface area contributed by atoms with Crippen LogP contribution in [0.1, 0.15) is 5.56 Å². The fourth-order valence-corrected chi connectivity index (χ4v) is 2.28. The lowest BCUT2D eigenvalue weighted by Crippen LogP contribution is -2.40. The lowest BCUT2D eigenvalue weighted by Gasteiger charge is -2.19. The van der Waals surface area contributed by atoms with Gasteiger partial charge >= 0.3 is 6.09 Å². The summed E-state index contributed by atoms with van der Waals surface area (Å²) in [5.41, 5.74) is 6.81. The zero-order valence-electron chi connectivity index (χ0n) is 9.60. The molecule has 2 rings (SSSR count). The SMILES string of the molecule is CN1C(=O)OC(Cc2ccc(Br)cc2)C1CN. The highest BCUT2D eigenvalue weighted by atomic mass is 79.9. The predicted octanol–water partition coefficient (Wildman–Crippen LogP) is 1.77. The van der Waals surface area contributed by atoms with Crippen molar-refractivity contribution in [3.63, 3.8) is 0 Å². The predicted molar refractivity (Wildman–Crippen MR) is 68.7 cm³/mol. The number of nitrogens with zero attached hydrogens (tertiary/aromatic N) is 1. The van der Waals surface area contributed by atoms with Crippen molar-refractivity contribution in [1.82, 2.24) is 4.90 Å². The van der Waals surface area contributed by atoms with E-state index in [1.54, 1.807) is 11.9 Å². The van der Waals surface area contributed by atoms with Gasteiger partial charge in [0.1, 0.15) is 6.10 Å². The summed E-state index contributed by atoms with van der Waals surface area (Å²) in [5, 5.41) is 0. The summed E-state index contributed by atoms with van der Waals surface area (Å²) in [6, 6.07) is 7.96. The molecule has 1 saturated heterocycles. The van der Waals surface area contributed by atoms with Crippen molar-refractivity contribution in [3.05, 3.63) is 34.3 Å². The molecule has 2 atom stereocenters. The van der Waals surface area contributed by atoms with Gasteiger partial charge in [-0.05, 0) is 17.7 Å². The van der Waals surface area contributed by atoms with E-state index >= 15 is 0 Å². The van der Waals surface area contributed by atoms with Crippen LogP contribution in [-0.2, 0) is 11.2 Å². The summed E-state index contributed by atoms with van der Waals surface area (Å²) in [5.74, 6) is 0. The maximum atomic E-state index is 11.4. The molecule has 0 saturated carbocycles. The molecule has 1 amide bonds. The molecule has 0 spiro atoms. The first-order valence-corrected chi connectivity index (χ1v) is 6.29. The second-order valence-electron chi connectivity index (χ2n) is 4.17. The van der Waals surface area contributed by atoms with Crippen molar-refractivity contribution >= 4 is 22.0 Å². The Morgan fingerprint density at radius 2 is 2.06 bits per heavy atom. The summed E-state index contributed by atoms with van der Waals surface area (Å²) in [6.45, 7) is 0.420. The van der Waals surface area contributed by atoms with Crippen molar-refractivity contribution in [2.24, 2.45) is 5.73 Å². The standard InChI is InChI=1S/C12H15BrN2O2/c1-15-10(7-14)11(17-12(15)16)6-8-2-4-9(13)5-3-8/h2-5,10-11H,6-7,14H2,1H3. The molecule has 1 aromatic rings. The van der Waals surface area contributed by atoms with E-state index in [9.17, 15) is 4.79 Å². The Morgan fingerprint density at radius 1 is 1.41 bits per heavy atom. The molecule has 1 heterocycles. The number of halogens is 1. The van der Waals surface area contributed by atoms with Crippen LogP contribution in [0.25, 0.3) is 0 Å². The molecule has 1 aliphatic rings. The molecule has 0 aromatic heterocycles. The van der Waals surface area contributed by atoms with Crippen LogP contribution < -0.4 is 5.73 Å². The van der Waals surface area contributed by atoms with E-state index in [0.717, 1.165) is 10.0 Å². The van der Waals surface area contributed by atoms with E-state index < -0.39 is 0 Å². The van der Waals surface area contributed by atoms with Crippen LogP contribution in [0.4, 0.5) is 4.79 Å². The minimum atomic E-state index is -0.289. The molecule has 2 N–H and O–H groups in total. The zero-order valence-corrected chi connectivity index (χ0v) is 11.2. The van der Waals surface area contributed by atoms with Gasteiger partial charge in [-0.15, -0.1) is 0 Å². The number of carbonyl (C=O) groups is 1. The van der Waals surface area contributed by atoms with Crippen molar-refractivity contribution < 1.29 is 9.53 Å². The van der Waals surface area contributed by atoms with Crippen LogP contribution in [0.3, 0.4) is 0 Å². The molecule has 1 aliphatic heterocycles. The summed E-state index contributed by atoms with van der Waals surface area (Å²) in [4.78, 5) is 13.0. The first-order valence-electron chi connectivity index (χ1n) is 5.49. The Labute approximate surface area is 109 Å². The topological polar surface area (TPSA) is 55.6 Å². The highest BCUT2D eigenvalue weighted by molar-refractivity contribution is 9.10. The summed E-state index contributed by atoms with van der Waals surface area (Å²) >= 11 is 3.39. The number of carbonyl (C=O) groups excluding carboxylic acids is 1. The van der Waals surface area contributed by atoms with Gasteiger partial charge in [-0.3, -0.25) is 0 Å². The Hall–Kier alpha value is -1.07. The third kappa shape index (κ3) is 2.61. The second-order valence-corrected chi connectivity index (χ2v) is 5.08. The van der Waals surface area contributed by atoms with Gasteiger partial charge in [0.2, 0.25) is 0 Å². The van der Waals surface area contributed by atoms with E-state index in [1.807, 2.05) is 24.3 Å². The minimum Gasteiger partial charge on any atom is -0.443 e. The number of hydrogen-bond acceptors (Lipinski definition) is 3. The smallest absolute Gasteiger partial charge is 0.410 e.